The van der Waals surface area contributed by atoms with Crippen LogP contribution in [0.5, 0.6) is 5.75 Å². The highest BCUT2D eigenvalue weighted by Crippen LogP contribution is 2.31. The highest BCUT2D eigenvalue weighted by Gasteiger charge is 2.29. The SMILES string of the molecule is CS(=O)(=O)Cc1ccc(N2CCNS2(=O)=O)c(O)c1. The number of hydrogen-bond donors (Lipinski definition) is 2. The lowest BCUT2D eigenvalue weighted by atomic mass is 10.2. The Morgan fingerprint density at radius 2 is 2.11 bits per heavy atom. The molecule has 1 saturated heterocycles. The molecule has 1 aromatic carbocycles. The highest BCUT2D eigenvalue weighted by atomic mass is 32.2. The average Bonchev–Trinajstić information content (AvgIpc) is 2.56. The molecule has 1 aliphatic heterocycles. The van der Waals surface area contributed by atoms with Gasteiger partial charge in [0.1, 0.15) is 5.75 Å². The quantitative estimate of drug-likeness (QED) is 0.790. The van der Waals surface area contributed by atoms with Gasteiger partial charge in [0.05, 0.1) is 11.4 Å². The fourth-order valence-corrected chi connectivity index (χ4v) is 3.93. The summed E-state index contributed by atoms with van der Waals surface area (Å²) in [6, 6.07) is 4.16. The standard InChI is InChI=1S/C10H14N2O5S2/c1-18(14,15)7-8-2-3-9(10(13)6-8)12-5-4-11-19(12,16)17/h2-3,6,11,13H,4-5,7H2,1H3. The number of benzene rings is 1. The van der Waals surface area contributed by atoms with Crippen molar-refractivity contribution in [2.45, 2.75) is 5.75 Å². The number of phenolic OH excluding ortho intramolecular Hbond substituents is 1. The lowest BCUT2D eigenvalue weighted by molar-refractivity contribution is 0.475. The van der Waals surface area contributed by atoms with Crippen molar-refractivity contribution >= 4 is 25.7 Å². The fraction of sp³-hybridized carbons (Fsp3) is 0.400. The van der Waals surface area contributed by atoms with Crippen molar-refractivity contribution in [1.82, 2.24) is 4.72 Å². The molecule has 19 heavy (non-hydrogen) atoms. The monoisotopic (exact) mass is 306 g/mol. The second kappa shape index (κ2) is 4.66. The van der Waals surface area contributed by atoms with Gasteiger partial charge in [-0.25, -0.2) is 8.42 Å². The fourth-order valence-electron chi connectivity index (χ4n) is 1.90. The highest BCUT2D eigenvalue weighted by molar-refractivity contribution is 7.91. The minimum atomic E-state index is -3.61. The van der Waals surface area contributed by atoms with E-state index in [1.807, 2.05) is 0 Å². The van der Waals surface area contributed by atoms with Crippen molar-refractivity contribution in [1.29, 1.82) is 0 Å². The Morgan fingerprint density at radius 3 is 2.58 bits per heavy atom. The summed E-state index contributed by atoms with van der Waals surface area (Å²) in [5.74, 6) is -0.459. The predicted molar refractivity (Wildman–Crippen MR) is 70.9 cm³/mol. The van der Waals surface area contributed by atoms with Gasteiger partial charge >= 0.3 is 10.2 Å². The van der Waals surface area contributed by atoms with Crippen LogP contribution >= 0.6 is 0 Å². The number of nitrogens with zero attached hydrogens (tertiary/aromatic N) is 1. The summed E-state index contributed by atoms with van der Waals surface area (Å²) in [6.07, 6.45) is 1.09. The summed E-state index contributed by atoms with van der Waals surface area (Å²) in [4.78, 5) is 0. The van der Waals surface area contributed by atoms with E-state index >= 15 is 0 Å². The van der Waals surface area contributed by atoms with E-state index in [0.717, 1.165) is 10.6 Å². The lowest BCUT2D eigenvalue weighted by Crippen LogP contribution is -2.29. The smallest absolute Gasteiger partial charge is 0.301 e. The van der Waals surface area contributed by atoms with Gasteiger partial charge in [0.15, 0.2) is 9.84 Å². The molecule has 1 aromatic rings. The molecule has 1 fully saturated rings. The van der Waals surface area contributed by atoms with Gasteiger partial charge in [-0.2, -0.15) is 13.1 Å². The normalized spacial score (nSPS) is 18.7. The average molecular weight is 306 g/mol. The summed E-state index contributed by atoms with van der Waals surface area (Å²) in [7, 11) is -6.81. The molecule has 0 bridgehead atoms. The number of phenols is 1. The molecule has 0 amide bonds. The first kappa shape index (κ1) is 14.1. The summed E-state index contributed by atoms with van der Waals surface area (Å²) in [5, 5.41) is 9.85. The first-order chi connectivity index (χ1) is 8.69. The van der Waals surface area contributed by atoms with Crippen molar-refractivity contribution in [3.63, 3.8) is 0 Å². The van der Waals surface area contributed by atoms with Gasteiger partial charge in [0, 0.05) is 19.3 Å². The maximum Gasteiger partial charge on any atom is 0.301 e. The lowest BCUT2D eigenvalue weighted by Gasteiger charge is -2.17. The van der Waals surface area contributed by atoms with E-state index in [-0.39, 0.29) is 30.3 Å². The Morgan fingerprint density at radius 1 is 1.42 bits per heavy atom. The van der Waals surface area contributed by atoms with Crippen LogP contribution in [-0.2, 0) is 25.8 Å². The van der Waals surface area contributed by atoms with Gasteiger partial charge in [-0.3, -0.25) is 4.31 Å². The molecule has 0 aliphatic carbocycles. The van der Waals surface area contributed by atoms with Crippen molar-refractivity contribution in [2.24, 2.45) is 0 Å². The summed E-state index contributed by atoms with van der Waals surface area (Å²) in [5.41, 5.74) is 0.551. The van der Waals surface area contributed by atoms with Crippen molar-refractivity contribution in [2.75, 3.05) is 23.7 Å². The zero-order valence-electron chi connectivity index (χ0n) is 10.2. The van der Waals surface area contributed by atoms with Crippen LogP contribution in [-0.4, -0.2) is 41.3 Å². The number of nitrogens with one attached hydrogen (secondary N) is 1. The molecular formula is C10H14N2O5S2. The minimum absolute atomic E-state index is 0.141. The van der Waals surface area contributed by atoms with Crippen molar-refractivity contribution in [3.05, 3.63) is 23.8 Å². The molecule has 1 aliphatic rings. The Balaban J connectivity index is 2.35. The maximum absolute atomic E-state index is 11.6. The van der Waals surface area contributed by atoms with E-state index in [2.05, 4.69) is 4.72 Å². The van der Waals surface area contributed by atoms with Crippen LogP contribution < -0.4 is 9.03 Å². The first-order valence-corrected chi connectivity index (χ1v) is 8.96. The van der Waals surface area contributed by atoms with Crippen LogP contribution in [0.4, 0.5) is 5.69 Å². The number of rotatable bonds is 3. The summed E-state index contributed by atoms with van der Waals surface area (Å²) < 4.78 is 49.0. The van der Waals surface area contributed by atoms with Crippen LogP contribution in [0.3, 0.4) is 0 Å². The second-order valence-corrected chi connectivity index (χ2v) is 8.18. The third-order valence-electron chi connectivity index (χ3n) is 2.63. The van der Waals surface area contributed by atoms with Crippen LogP contribution in [0, 0.1) is 0 Å². The Kier molecular flexibility index (Phi) is 3.45. The molecule has 0 saturated carbocycles. The molecule has 0 radical (unpaired) electrons. The van der Waals surface area contributed by atoms with E-state index < -0.39 is 20.0 Å². The van der Waals surface area contributed by atoms with Crippen molar-refractivity contribution < 1.29 is 21.9 Å². The van der Waals surface area contributed by atoms with Crippen LogP contribution in [0.2, 0.25) is 0 Å². The van der Waals surface area contributed by atoms with E-state index in [4.69, 9.17) is 0 Å². The minimum Gasteiger partial charge on any atom is -0.506 e. The summed E-state index contributed by atoms with van der Waals surface area (Å²) in [6.45, 7) is 0.494. The maximum atomic E-state index is 11.6. The Bertz CT molecular complexity index is 697. The van der Waals surface area contributed by atoms with Gasteiger partial charge < -0.3 is 5.11 Å². The number of sulfone groups is 1. The van der Waals surface area contributed by atoms with E-state index in [0.29, 0.717) is 5.56 Å². The van der Waals surface area contributed by atoms with Gasteiger partial charge in [-0.15, -0.1) is 0 Å². The van der Waals surface area contributed by atoms with Gasteiger partial charge in [0.2, 0.25) is 0 Å². The summed E-state index contributed by atoms with van der Waals surface area (Å²) >= 11 is 0. The van der Waals surface area contributed by atoms with Crippen LogP contribution in [0.25, 0.3) is 0 Å². The van der Waals surface area contributed by atoms with Gasteiger partial charge in [-0.05, 0) is 17.7 Å². The largest absolute Gasteiger partial charge is 0.506 e. The van der Waals surface area contributed by atoms with Crippen LogP contribution in [0.15, 0.2) is 18.2 Å². The van der Waals surface area contributed by atoms with Crippen molar-refractivity contribution in [3.8, 4) is 5.75 Å². The molecule has 1 heterocycles. The molecule has 2 N–H and O–H groups in total. The number of aromatic hydroxyl groups is 1. The Labute approximate surface area is 112 Å². The molecular weight excluding hydrogens is 292 g/mol. The number of anilines is 1. The zero-order valence-corrected chi connectivity index (χ0v) is 11.8. The molecule has 7 nitrogen and oxygen atoms in total. The van der Waals surface area contributed by atoms with Gasteiger partial charge in [0.25, 0.3) is 0 Å². The molecule has 0 atom stereocenters. The molecule has 106 valence electrons. The topological polar surface area (TPSA) is 104 Å². The van der Waals surface area contributed by atoms with E-state index in [9.17, 15) is 21.9 Å². The molecule has 9 heteroatoms. The van der Waals surface area contributed by atoms with E-state index in [1.54, 1.807) is 0 Å². The molecule has 0 spiro atoms. The first-order valence-electron chi connectivity index (χ1n) is 5.46. The predicted octanol–water partition coefficient (Wildman–Crippen LogP) is -0.409. The molecule has 2 rings (SSSR count). The van der Waals surface area contributed by atoms with E-state index in [1.165, 1.54) is 18.2 Å². The zero-order chi connectivity index (χ0) is 14.3. The third kappa shape index (κ3) is 3.17. The molecule has 0 unspecified atom stereocenters. The number of hydrogen-bond acceptors (Lipinski definition) is 5. The van der Waals surface area contributed by atoms with Gasteiger partial charge in [-0.1, -0.05) is 6.07 Å². The second-order valence-electron chi connectivity index (χ2n) is 4.36. The third-order valence-corrected chi connectivity index (χ3v) is 5.01. The van der Waals surface area contributed by atoms with Crippen LogP contribution in [0.1, 0.15) is 5.56 Å². The Hall–Kier alpha value is -1.32. The molecule has 0 aromatic heterocycles.